The number of rotatable bonds is 8. The van der Waals surface area contributed by atoms with Crippen molar-refractivity contribution in [3.05, 3.63) is 59.4 Å². The molecule has 26 heavy (non-hydrogen) atoms. The summed E-state index contributed by atoms with van der Waals surface area (Å²) in [4.78, 5) is 4.48. The van der Waals surface area contributed by atoms with E-state index in [9.17, 15) is 9.50 Å². The van der Waals surface area contributed by atoms with Crippen LogP contribution in [0.25, 0.3) is 0 Å². The van der Waals surface area contributed by atoms with Crippen LogP contribution in [-0.4, -0.2) is 37.8 Å². The van der Waals surface area contributed by atoms with Gasteiger partial charge in [-0.25, -0.2) is 4.39 Å². The largest absolute Gasteiger partial charge is 0.508 e. The number of phenolic OH excluding ortho intramolecular Hbond substituents is 1. The third-order valence-corrected chi connectivity index (χ3v) is 3.93. The predicted octanol–water partition coefficient (Wildman–Crippen LogP) is 2.88. The minimum Gasteiger partial charge on any atom is -0.508 e. The van der Waals surface area contributed by atoms with Crippen LogP contribution in [0.2, 0.25) is 0 Å². The predicted molar refractivity (Wildman–Crippen MR) is 102 cm³/mol. The van der Waals surface area contributed by atoms with Crippen LogP contribution in [0.5, 0.6) is 11.5 Å². The van der Waals surface area contributed by atoms with Gasteiger partial charge >= 0.3 is 0 Å². The molecule has 0 heterocycles. The normalized spacial score (nSPS) is 11.3. The standard InChI is InChI=1S/C20H26FN3O2/c1-3-22-20(23-12-10-15-6-4-5-7-18(15)21)24-13-11-16-8-9-17(26-2)14-19(16)25/h4-9,14,25H,3,10-13H2,1-2H3,(H2,22,23,24). The van der Waals surface area contributed by atoms with E-state index in [1.807, 2.05) is 25.1 Å². The van der Waals surface area contributed by atoms with Gasteiger partial charge in [-0.3, -0.25) is 4.99 Å². The fourth-order valence-corrected chi connectivity index (χ4v) is 2.53. The Morgan fingerprint density at radius 3 is 2.62 bits per heavy atom. The van der Waals surface area contributed by atoms with Gasteiger partial charge in [0.2, 0.25) is 0 Å². The van der Waals surface area contributed by atoms with Gasteiger partial charge in [0, 0.05) is 25.7 Å². The van der Waals surface area contributed by atoms with E-state index in [4.69, 9.17) is 4.74 Å². The Bertz CT molecular complexity index is 735. The lowest BCUT2D eigenvalue weighted by atomic mass is 10.1. The van der Waals surface area contributed by atoms with Crippen molar-refractivity contribution in [1.29, 1.82) is 0 Å². The summed E-state index contributed by atoms with van der Waals surface area (Å²) >= 11 is 0. The lowest BCUT2D eigenvalue weighted by molar-refractivity contribution is 0.406. The summed E-state index contributed by atoms with van der Waals surface area (Å²) in [7, 11) is 1.57. The molecule has 2 rings (SSSR count). The highest BCUT2D eigenvalue weighted by Crippen LogP contribution is 2.23. The molecule has 140 valence electrons. The van der Waals surface area contributed by atoms with Gasteiger partial charge in [0.15, 0.2) is 5.96 Å². The molecule has 6 heteroatoms. The average molecular weight is 359 g/mol. The van der Waals surface area contributed by atoms with Gasteiger partial charge in [-0.15, -0.1) is 0 Å². The Morgan fingerprint density at radius 1 is 1.12 bits per heavy atom. The summed E-state index contributed by atoms with van der Waals surface area (Å²) < 4.78 is 18.7. The average Bonchev–Trinajstić information content (AvgIpc) is 2.64. The molecule has 0 radical (unpaired) electrons. The first-order valence-electron chi connectivity index (χ1n) is 8.75. The molecule has 0 bridgehead atoms. The number of benzene rings is 2. The third-order valence-electron chi connectivity index (χ3n) is 3.93. The number of nitrogens with zero attached hydrogens (tertiary/aromatic N) is 1. The van der Waals surface area contributed by atoms with Gasteiger partial charge in [0.05, 0.1) is 7.11 Å². The molecule has 0 unspecified atom stereocenters. The maximum absolute atomic E-state index is 13.6. The number of aromatic hydroxyl groups is 1. The second-order valence-corrected chi connectivity index (χ2v) is 5.77. The Labute approximate surface area is 153 Å². The van der Waals surface area contributed by atoms with Crippen LogP contribution in [-0.2, 0) is 12.8 Å². The number of ether oxygens (including phenoxy) is 1. The summed E-state index contributed by atoms with van der Waals surface area (Å²) in [5, 5.41) is 16.4. The van der Waals surface area contributed by atoms with Gasteiger partial charge in [-0.05, 0) is 43.0 Å². The molecule has 0 fully saturated rings. The molecule has 3 N–H and O–H groups in total. The van der Waals surface area contributed by atoms with E-state index in [0.29, 0.717) is 43.2 Å². The third kappa shape index (κ3) is 5.95. The summed E-state index contributed by atoms with van der Waals surface area (Å²) in [5.74, 6) is 1.32. The Hall–Kier alpha value is -2.76. The fraction of sp³-hybridized carbons (Fsp3) is 0.350. The van der Waals surface area contributed by atoms with Gasteiger partial charge in [-0.2, -0.15) is 0 Å². The maximum Gasteiger partial charge on any atom is 0.191 e. The topological polar surface area (TPSA) is 65.9 Å². The van der Waals surface area contributed by atoms with Crippen LogP contribution in [0.15, 0.2) is 47.5 Å². The second-order valence-electron chi connectivity index (χ2n) is 5.77. The molecule has 0 aliphatic heterocycles. The van der Waals surface area contributed by atoms with E-state index < -0.39 is 0 Å². The Kier molecular flexibility index (Phi) is 7.74. The van der Waals surface area contributed by atoms with E-state index in [-0.39, 0.29) is 11.6 Å². The lowest BCUT2D eigenvalue weighted by Gasteiger charge is -2.12. The van der Waals surface area contributed by atoms with Crippen LogP contribution in [0, 0.1) is 5.82 Å². The second kappa shape index (κ2) is 10.3. The molecule has 5 nitrogen and oxygen atoms in total. The molecule has 0 amide bonds. The first-order valence-corrected chi connectivity index (χ1v) is 8.75. The highest BCUT2D eigenvalue weighted by atomic mass is 19.1. The first-order chi connectivity index (χ1) is 12.6. The van der Waals surface area contributed by atoms with E-state index in [0.717, 1.165) is 12.1 Å². The van der Waals surface area contributed by atoms with Crippen LogP contribution >= 0.6 is 0 Å². The quantitative estimate of drug-likeness (QED) is 0.501. The molecule has 0 spiro atoms. The smallest absolute Gasteiger partial charge is 0.191 e. The van der Waals surface area contributed by atoms with Crippen molar-refractivity contribution in [1.82, 2.24) is 10.6 Å². The van der Waals surface area contributed by atoms with Crippen molar-refractivity contribution in [2.24, 2.45) is 4.99 Å². The monoisotopic (exact) mass is 359 g/mol. The molecular formula is C20H26FN3O2. The SMILES string of the molecule is CCNC(=NCCc1ccccc1F)NCCc1ccc(OC)cc1O. The van der Waals surface area contributed by atoms with Crippen LogP contribution in [0.3, 0.4) is 0 Å². The molecule has 2 aromatic rings. The fourth-order valence-electron chi connectivity index (χ4n) is 2.53. The van der Waals surface area contributed by atoms with E-state index in [1.54, 1.807) is 25.3 Å². The van der Waals surface area contributed by atoms with Crippen molar-refractivity contribution in [2.75, 3.05) is 26.7 Å². The van der Waals surface area contributed by atoms with Gasteiger partial charge in [0.1, 0.15) is 17.3 Å². The highest BCUT2D eigenvalue weighted by Gasteiger charge is 2.04. The number of halogens is 1. The molecule has 0 aliphatic carbocycles. The molecular weight excluding hydrogens is 333 g/mol. The summed E-state index contributed by atoms with van der Waals surface area (Å²) in [5.41, 5.74) is 1.50. The van der Waals surface area contributed by atoms with Gasteiger partial charge in [-0.1, -0.05) is 24.3 Å². The number of methoxy groups -OCH3 is 1. The summed E-state index contributed by atoms with van der Waals surface area (Å²) in [6.45, 7) is 3.83. The van der Waals surface area contributed by atoms with Crippen molar-refractivity contribution in [2.45, 2.75) is 19.8 Å². The number of hydrogen-bond acceptors (Lipinski definition) is 3. The van der Waals surface area contributed by atoms with Gasteiger partial charge in [0.25, 0.3) is 0 Å². The summed E-state index contributed by atoms with van der Waals surface area (Å²) in [6.07, 6.45) is 1.19. The van der Waals surface area contributed by atoms with E-state index in [1.165, 1.54) is 6.07 Å². The Balaban J connectivity index is 1.86. The lowest BCUT2D eigenvalue weighted by Crippen LogP contribution is -2.38. The number of hydrogen-bond donors (Lipinski definition) is 3. The van der Waals surface area contributed by atoms with Gasteiger partial charge < -0.3 is 20.5 Å². The summed E-state index contributed by atoms with van der Waals surface area (Å²) in [6, 6.07) is 12.0. The minimum atomic E-state index is -0.198. The molecule has 0 saturated heterocycles. The first kappa shape index (κ1) is 19.6. The number of aliphatic imine (C=N–C) groups is 1. The van der Waals surface area contributed by atoms with Crippen molar-refractivity contribution >= 4 is 5.96 Å². The Morgan fingerprint density at radius 2 is 1.92 bits per heavy atom. The molecule has 0 aromatic heterocycles. The van der Waals surface area contributed by atoms with Crippen LogP contribution in [0.1, 0.15) is 18.1 Å². The van der Waals surface area contributed by atoms with E-state index >= 15 is 0 Å². The number of guanidine groups is 1. The zero-order valence-electron chi connectivity index (χ0n) is 15.3. The maximum atomic E-state index is 13.6. The zero-order valence-corrected chi connectivity index (χ0v) is 15.3. The molecule has 0 atom stereocenters. The minimum absolute atomic E-state index is 0.198. The van der Waals surface area contributed by atoms with E-state index in [2.05, 4.69) is 15.6 Å². The van der Waals surface area contributed by atoms with Crippen molar-refractivity contribution in [3.8, 4) is 11.5 Å². The molecule has 0 saturated carbocycles. The highest BCUT2D eigenvalue weighted by molar-refractivity contribution is 5.79. The van der Waals surface area contributed by atoms with Crippen LogP contribution in [0.4, 0.5) is 4.39 Å². The number of phenols is 1. The molecule has 0 aliphatic rings. The molecule has 2 aromatic carbocycles. The van der Waals surface area contributed by atoms with Crippen molar-refractivity contribution in [3.63, 3.8) is 0 Å². The van der Waals surface area contributed by atoms with Crippen molar-refractivity contribution < 1.29 is 14.2 Å². The number of nitrogens with one attached hydrogen (secondary N) is 2. The van der Waals surface area contributed by atoms with Crippen LogP contribution < -0.4 is 15.4 Å². The zero-order chi connectivity index (χ0) is 18.8.